The Kier molecular flexibility index (Phi) is 5.50. The van der Waals surface area contributed by atoms with E-state index in [-0.39, 0.29) is 5.69 Å². The zero-order chi connectivity index (χ0) is 21.2. The quantitative estimate of drug-likeness (QED) is 0.457. The van der Waals surface area contributed by atoms with Gasteiger partial charge in [0.2, 0.25) is 0 Å². The van der Waals surface area contributed by atoms with Crippen molar-refractivity contribution in [2.75, 3.05) is 32.0 Å². The van der Waals surface area contributed by atoms with E-state index in [1.165, 1.54) is 17.7 Å². The van der Waals surface area contributed by atoms with Gasteiger partial charge in [-0.25, -0.2) is 4.39 Å². The lowest BCUT2D eigenvalue weighted by Crippen LogP contribution is -2.35. The number of morpholine rings is 1. The molecule has 1 fully saturated rings. The normalized spacial score (nSPS) is 14.7. The van der Waals surface area contributed by atoms with E-state index in [4.69, 9.17) is 15.2 Å². The Morgan fingerprint density at radius 2 is 1.97 bits per heavy atom. The number of nitrogens with zero attached hydrogens (tertiary/aromatic N) is 3. The van der Waals surface area contributed by atoms with Crippen molar-refractivity contribution >= 4 is 27.2 Å². The minimum absolute atomic E-state index is 0.0915. The molecule has 6 nitrogen and oxygen atoms in total. The topological polar surface area (TPSA) is 73.5 Å². The van der Waals surface area contributed by atoms with Gasteiger partial charge in [0.15, 0.2) is 0 Å². The van der Waals surface area contributed by atoms with E-state index in [2.05, 4.69) is 20.9 Å². The van der Waals surface area contributed by atoms with E-state index in [0.717, 1.165) is 53.6 Å². The Balaban J connectivity index is 1.38. The van der Waals surface area contributed by atoms with Crippen LogP contribution in [-0.2, 0) is 11.3 Å². The fraction of sp³-hybridized carbons (Fsp3) is 0.217. The van der Waals surface area contributed by atoms with Gasteiger partial charge in [0.05, 0.1) is 39.7 Å². The van der Waals surface area contributed by atoms with E-state index in [9.17, 15) is 4.39 Å². The van der Waals surface area contributed by atoms with Crippen LogP contribution in [0.25, 0.3) is 20.8 Å². The Bertz CT molecular complexity index is 1210. The summed E-state index contributed by atoms with van der Waals surface area (Å²) in [5.41, 5.74) is 8.52. The summed E-state index contributed by atoms with van der Waals surface area (Å²) in [5, 5.41) is 0. The number of benzene rings is 1. The number of fused-ring (bicyclic) bond motifs is 1. The number of aromatic nitrogens is 2. The van der Waals surface area contributed by atoms with Crippen molar-refractivity contribution in [3.05, 3.63) is 66.2 Å². The molecule has 1 aliphatic heterocycles. The van der Waals surface area contributed by atoms with E-state index < -0.39 is 5.82 Å². The van der Waals surface area contributed by atoms with Crippen LogP contribution in [0.4, 0.5) is 10.1 Å². The van der Waals surface area contributed by atoms with Gasteiger partial charge in [0.25, 0.3) is 0 Å². The zero-order valence-electron chi connectivity index (χ0n) is 16.8. The maximum Gasteiger partial charge on any atom is 0.149 e. The van der Waals surface area contributed by atoms with Gasteiger partial charge < -0.3 is 15.2 Å². The summed E-state index contributed by atoms with van der Waals surface area (Å²) in [5.74, 6) is 0.505. The molecule has 0 amide bonds. The molecule has 0 radical (unpaired) electrons. The summed E-state index contributed by atoms with van der Waals surface area (Å²) < 4.78 is 26.0. The second-order valence-corrected chi connectivity index (χ2v) is 8.41. The highest BCUT2D eigenvalue weighted by Crippen LogP contribution is 2.38. The monoisotopic (exact) mass is 436 g/mol. The van der Waals surface area contributed by atoms with Crippen molar-refractivity contribution in [1.82, 2.24) is 14.9 Å². The average molecular weight is 437 g/mol. The third-order valence-corrected chi connectivity index (χ3v) is 6.32. The van der Waals surface area contributed by atoms with Crippen LogP contribution in [0.15, 0.2) is 54.9 Å². The van der Waals surface area contributed by atoms with Crippen LogP contribution >= 0.6 is 11.3 Å². The molecular formula is C23H21FN4O2S. The van der Waals surface area contributed by atoms with Crippen molar-refractivity contribution in [2.24, 2.45) is 0 Å². The lowest BCUT2D eigenvalue weighted by atomic mass is 10.2. The minimum Gasteiger partial charge on any atom is -0.456 e. The summed E-state index contributed by atoms with van der Waals surface area (Å²) in [6, 6.07) is 12.3. The van der Waals surface area contributed by atoms with Crippen molar-refractivity contribution in [1.29, 1.82) is 0 Å². The number of hydrogen-bond donors (Lipinski definition) is 1. The molecule has 5 rings (SSSR count). The van der Waals surface area contributed by atoms with Crippen LogP contribution in [0.1, 0.15) is 5.56 Å². The predicted octanol–water partition coefficient (Wildman–Crippen LogP) is 4.70. The highest BCUT2D eigenvalue weighted by Gasteiger charge is 2.14. The predicted molar refractivity (Wildman–Crippen MR) is 120 cm³/mol. The molecule has 0 unspecified atom stereocenters. The Labute approximate surface area is 183 Å². The summed E-state index contributed by atoms with van der Waals surface area (Å²) in [6.45, 7) is 4.34. The van der Waals surface area contributed by atoms with Gasteiger partial charge >= 0.3 is 0 Å². The molecule has 0 spiro atoms. The molecule has 31 heavy (non-hydrogen) atoms. The average Bonchev–Trinajstić information content (AvgIpc) is 3.23. The SMILES string of the molecule is Nc1ccc(Oc2ccnc3cc(-c4ccc(CN5CCOCC5)cn4)sc23)cc1F. The number of pyridine rings is 2. The van der Waals surface area contributed by atoms with Crippen LogP contribution in [0.3, 0.4) is 0 Å². The number of hydrogen-bond acceptors (Lipinski definition) is 7. The fourth-order valence-electron chi connectivity index (χ4n) is 3.50. The first kappa shape index (κ1) is 19.9. The molecule has 8 heteroatoms. The number of thiophene rings is 1. The van der Waals surface area contributed by atoms with Crippen LogP contribution < -0.4 is 10.5 Å². The number of anilines is 1. The molecule has 3 aromatic heterocycles. The minimum atomic E-state index is -0.504. The van der Waals surface area contributed by atoms with Crippen LogP contribution in [-0.4, -0.2) is 41.2 Å². The molecule has 0 bridgehead atoms. The fourth-order valence-corrected chi connectivity index (χ4v) is 4.54. The number of halogens is 1. The second-order valence-electron chi connectivity index (χ2n) is 7.36. The number of nitrogens with two attached hydrogens (primary N) is 1. The van der Waals surface area contributed by atoms with E-state index in [1.54, 1.807) is 29.7 Å². The summed E-state index contributed by atoms with van der Waals surface area (Å²) >= 11 is 1.55. The Morgan fingerprint density at radius 1 is 1.10 bits per heavy atom. The van der Waals surface area contributed by atoms with Gasteiger partial charge in [-0.05, 0) is 29.8 Å². The van der Waals surface area contributed by atoms with E-state index in [1.807, 2.05) is 18.3 Å². The molecule has 4 aromatic rings. The third-order valence-electron chi connectivity index (χ3n) is 5.16. The summed E-state index contributed by atoms with van der Waals surface area (Å²) in [7, 11) is 0. The summed E-state index contributed by atoms with van der Waals surface area (Å²) in [6.07, 6.45) is 3.61. The Morgan fingerprint density at radius 3 is 2.74 bits per heavy atom. The van der Waals surface area contributed by atoms with Gasteiger partial charge in [-0.2, -0.15) is 0 Å². The maximum atomic E-state index is 13.8. The highest BCUT2D eigenvalue weighted by molar-refractivity contribution is 7.22. The van der Waals surface area contributed by atoms with Crippen molar-refractivity contribution in [2.45, 2.75) is 6.54 Å². The van der Waals surface area contributed by atoms with Gasteiger partial charge in [0.1, 0.15) is 17.3 Å². The number of rotatable bonds is 5. The molecule has 1 aliphatic rings. The second kappa shape index (κ2) is 8.58. The van der Waals surface area contributed by atoms with Crippen LogP contribution in [0.5, 0.6) is 11.5 Å². The van der Waals surface area contributed by atoms with Crippen molar-refractivity contribution < 1.29 is 13.9 Å². The number of ether oxygens (including phenoxy) is 2. The lowest BCUT2D eigenvalue weighted by molar-refractivity contribution is 0.0341. The van der Waals surface area contributed by atoms with E-state index >= 15 is 0 Å². The smallest absolute Gasteiger partial charge is 0.149 e. The van der Waals surface area contributed by atoms with Crippen molar-refractivity contribution in [3.8, 4) is 22.1 Å². The van der Waals surface area contributed by atoms with Gasteiger partial charge in [-0.1, -0.05) is 6.07 Å². The number of nitrogen functional groups attached to an aromatic ring is 1. The molecule has 0 atom stereocenters. The van der Waals surface area contributed by atoms with E-state index in [0.29, 0.717) is 11.5 Å². The summed E-state index contributed by atoms with van der Waals surface area (Å²) in [4.78, 5) is 12.5. The molecule has 2 N–H and O–H groups in total. The van der Waals surface area contributed by atoms with Gasteiger partial charge in [-0.15, -0.1) is 11.3 Å². The third kappa shape index (κ3) is 4.36. The molecule has 0 aliphatic carbocycles. The molecule has 4 heterocycles. The Hall–Kier alpha value is -3.07. The first-order valence-electron chi connectivity index (χ1n) is 10.0. The maximum absolute atomic E-state index is 13.8. The first-order chi connectivity index (χ1) is 15.2. The molecule has 0 saturated carbocycles. The molecular weight excluding hydrogens is 415 g/mol. The highest BCUT2D eigenvalue weighted by atomic mass is 32.1. The lowest BCUT2D eigenvalue weighted by Gasteiger charge is -2.26. The molecule has 1 saturated heterocycles. The largest absolute Gasteiger partial charge is 0.456 e. The molecule has 1 aromatic carbocycles. The molecule has 158 valence electrons. The van der Waals surface area contributed by atoms with Crippen LogP contribution in [0, 0.1) is 5.82 Å². The van der Waals surface area contributed by atoms with Crippen molar-refractivity contribution in [3.63, 3.8) is 0 Å². The zero-order valence-corrected chi connectivity index (χ0v) is 17.6. The van der Waals surface area contributed by atoms with Crippen LogP contribution in [0.2, 0.25) is 0 Å². The van der Waals surface area contributed by atoms with Gasteiger partial charge in [-0.3, -0.25) is 14.9 Å². The standard InChI is InChI=1S/C23H21FN4O2S/c24-17-11-16(2-3-18(17)25)30-21-5-6-26-20-12-22(31-23(20)21)19-4-1-15(13-27-19)14-28-7-9-29-10-8-28/h1-6,11-13H,7-10,14,25H2. The first-order valence-corrected chi connectivity index (χ1v) is 10.8. The van der Waals surface area contributed by atoms with Gasteiger partial charge in [0, 0.05) is 44.2 Å².